The Kier molecular flexibility index (Phi) is 3.66. The summed E-state index contributed by atoms with van der Waals surface area (Å²) in [5, 5.41) is 8.74. The Hall–Kier alpha value is -1.62. The van der Waals surface area contributed by atoms with E-state index >= 15 is 0 Å². The van der Waals surface area contributed by atoms with Gasteiger partial charge in [-0.25, -0.2) is 0 Å². The van der Waals surface area contributed by atoms with Crippen LogP contribution in [-0.2, 0) is 4.79 Å². The van der Waals surface area contributed by atoms with Gasteiger partial charge in [0.1, 0.15) is 5.82 Å². The molecule has 28 heavy (non-hydrogen) atoms. The lowest BCUT2D eigenvalue weighted by Gasteiger charge is -2.60. The van der Waals surface area contributed by atoms with Crippen molar-refractivity contribution in [3.63, 3.8) is 0 Å². The zero-order valence-corrected chi connectivity index (χ0v) is 16.9. The minimum atomic E-state index is -0.166. The van der Waals surface area contributed by atoms with Gasteiger partial charge in [-0.15, -0.1) is 21.8 Å². The summed E-state index contributed by atoms with van der Waals surface area (Å²) in [6.07, 6.45) is 10.6. The van der Waals surface area contributed by atoms with Crippen LogP contribution in [0.1, 0.15) is 63.1 Å². The van der Waals surface area contributed by atoms with Gasteiger partial charge in [0.25, 0.3) is 0 Å². The van der Waals surface area contributed by atoms with E-state index in [1.807, 2.05) is 24.4 Å². The van der Waals surface area contributed by atoms with E-state index in [2.05, 4.69) is 19.5 Å². The molecule has 4 saturated carbocycles. The Balaban J connectivity index is 1.19. The number of rotatable bonds is 2. The number of amides is 1. The average Bonchev–Trinajstić information content (AvgIpc) is 3.10. The smallest absolute Gasteiger partial charge is 0.228 e. The number of pyridine rings is 1. The second-order valence-electron chi connectivity index (χ2n) is 9.95. The van der Waals surface area contributed by atoms with Gasteiger partial charge >= 0.3 is 0 Å². The van der Waals surface area contributed by atoms with Crippen molar-refractivity contribution in [2.75, 3.05) is 13.1 Å². The van der Waals surface area contributed by atoms with Gasteiger partial charge in [-0.3, -0.25) is 9.20 Å². The first-order valence-corrected chi connectivity index (χ1v) is 11.2. The van der Waals surface area contributed by atoms with Gasteiger partial charge in [-0.2, -0.15) is 0 Å². The molecule has 5 aliphatic rings. The molecule has 1 aliphatic heterocycles. The van der Waals surface area contributed by atoms with Gasteiger partial charge in [-0.1, -0.05) is 6.07 Å². The number of aromatic nitrogens is 3. The highest BCUT2D eigenvalue weighted by molar-refractivity contribution is 6.24. The lowest BCUT2D eigenvalue weighted by Crippen LogP contribution is -2.59. The Labute approximate surface area is 170 Å². The van der Waals surface area contributed by atoms with Gasteiger partial charge in [0.2, 0.25) is 5.91 Å². The van der Waals surface area contributed by atoms with Crippen LogP contribution in [0.15, 0.2) is 24.4 Å². The van der Waals surface area contributed by atoms with E-state index in [1.54, 1.807) is 0 Å². The molecule has 1 amide bonds. The predicted octanol–water partition coefficient (Wildman–Crippen LogP) is 4.01. The minimum absolute atomic E-state index is 0.0987. The summed E-state index contributed by atoms with van der Waals surface area (Å²) < 4.78 is 2.10. The quantitative estimate of drug-likeness (QED) is 0.718. The largest absolute Gasteiger partial charge is 0.342 e. The highest BCUT2D eigenvalue weighted by Gasteiger charge is 2.60. The van der Waals surface area contributed by atoms with Crippen LogP contribution in [-0.4, -0.2) is 43.4 Å². The Morgan fingerprint density at radius 1 is 1.07 bits per heavy atom. The zero-order valence-electron chi connectivity index (χ0n) is 16.2. The molecular weight excluding hydrogens is 372 g/mol. The van der Waals surface area contributed by atoms with Crippen molar-refractivity contribution in [3.8, 4) is 0 Å². The molecule has 7 rings (SSSR count). The van der Waals surface area contributed by atoms with Gasteiger partial charge in [0.15, 0.2) is 5.65 Å². The molecule has 0 N–H and O–H groups in total. The molecule has 5 fully saturated rings. The van der Waals surface area contributed by atoms with Crippen molar-refractivity contribution in [2.45, 2.75) is 62.2 Å². The number of fused-ring (bicyclic) bond motifs is 1. The van der Waals surface area contributed by atoms with Crippen molar-refractivity contribution in [1.82, 2.24) is 19.5 Å². The number of hydrogen-bond donors (Lipinski definition) is 0. The standard InChI is InChI=1S/C22H27ClN4O/c23-22-12-15-9-16(13-22)11-21(10-15,14-22)20(28)26-7-4-17(5-8-26)19-25-24-18-3-1-2-6-27(18)19/h1-3,6,15-17H,4-5,7-14H2. The van der Waals surface area contributed by atoms with E-state index in [0.29, 0.717) is 23.7 Å². The van der Waals surface area contributed by atoms with E-state index < -0.39 is 0 Å². The van der Waals surface area contributed by atoms with E-state index in [9.17, 15) is 4.79 Å². The minimum Gasteiger partial charge on any atom is -0.342 e. The third-order valence-electron chi connectivity index (χ3n) is 7.93. The van der Waals surface area contributed by atoms with E-state index in [4.69, 9.17) is 11.6 Å². The molecule has 2 aromatic heterocycles. The predicted molar refractivity (Wildman–Crippen MR) is 107 cm³/mol. The lowest BCUT2D eigenvalue weighted by molar-refractivity contribution is -0.157. The fraction of sp³-hybridized carbons (Fsp3) is 0.682. The molecule has 0 aromatic carbocycles. The monoisotopic (exact) mass is 398 g/mol. The highest BCUT2D eigenvalue weighted by Crippen LogP contribution is 2.64. The molecule has 1 saturated heterocycles. The molecular formula is C22H27ClN4O. The fourth-order valence-corrected chi connectivity index (χ4v) is 7.91. The number of hydrogen-bond acceptors (Lipinski definition) is 3. The number of carbonyl (C=O) groups excluding carboxylic acids is 1. The molecule has 148 valence electrons. The molecule has 0 radical (unpaired) electrons. The molecule has 4 aliphatic carbocycles. The van der Waals surface area contributed by atoms with Crippen LogP contribution in [0.4, 0.5) is 0 Å². The third-order valence-corrected chi connectivity index (χ3v) is 8.37. The van der Waals surface area contributed by atoms with Gasteiger partial charge in [-0.05, 0) is 75.3 Å². The van der Waals surface area contributed by atoms with Gasteiger partial charge < -0.3 is 4.90 Å². The summed E-state index contributed by atoms with van der Waals surface area (Å²) in [5.74, 6) is 3.15. The highest BCUT2D eigenvalue weighted by atomic mass is 35.5. The second-order valence-corrected chi connectivity index (χ2v) is 10.7. The van der Waals surface area contributed by atoms with Crippen molar-refractivity contribution in [1.29, 1.82) is 0 Å². The molecule has 0 spiro atoms. The number of carbonyl (C=O) groups is 1. The zero-order chi connectivity index (χ0) is 18.9. The SMILES string of the molecule is O=C(N1CCC(c2nnc3ccccn23)CC1)C12CC3CC(CC(Cl)(C3)C1)C2. The molecule has 6 heteroatoms. The maximum Gasteiger partial charge on any atom is 0.228 e. The summed E-state index contributed by atoms with van der Waals surface area (Å²) in [5.41, 5.74) is 0.734. The summed E-state index contributed by atoms with van der Waals surface area (Å²) in [6.45, 7) is 1.66. The summed E-state index contributed by atoms with van der Waals surface area (Å²) in [4.78, 5) is 15.7. The lowest BCUT2D eigenvalue weighted by atomic mass is 9.49. The summed E-state index contributed by atoms with van der Waals surface area (Å²) >= 11 is 6.96. The Bertz CT molecular complexity index is 918. The normalized spacial score (nSPS) is 37.7. The van der Waals surface area contributed by atoms with E-state index in [-0.39, 0.29) is 10.3 Å². The maximum atomic E-state index is 13.6. The summed E-state index contributed by atoms with van der Waals surface area (Å²) in [6, 6.07) is 6.00. The molecule has 5 nitrogen and oxygen atoms in total. The van der Waals surface area contributed by atoms with Crippen molar-refractivity contribution in [2.24, 2.45) is 17.3 Å². The average molecular weight is 399 g/mol. The van der Waals surface area contributed by atoms with Crippen LogP contribution in [0, 0.1) is 17.3 Å². The molecule has 2 aromatic rings. The molecule has 3 heterocycles. The van der Waals surface area contributed by atoms with Crippen molar-refractivity contribution < 1.29 is 4.79 Å². The van der Waals surface area contributed by atoms with Gasteiger partial charge in [0, 0.05) is 30.1 Å². The first-order valence-electron chi connectivity index (χ1n) is 10.8. The number of alkyl halides is 1. The molecule has 2 atom stereocenters. The number of halogens is 1. The van der Waals surface area contributed by atoms with E-state index in [1.165, 1.54) is 6.42 Å². The summed E-state index contributed by atoms with van der Waals surface area (Å²) in [7, 11) is 0. The van der Waals surface area contributed by atoms with Crippen molar-refractivity contribution >= 4 is 23.2 Å². The van der Waals surface area contributed by atoms with Crippen LogP contribution in [0.3, 0.4) is 0 Å². The maximum absolute atomic E-state index is 13.6. The van der Waals surface area contributed by atoms with Crippen LogP contribution < -0.4 is 0 Å². The first kappa shape index (κ1) is 17.3. The second kappa shape index (κ2) is 5.94. The van der Waals surface area contributed by atoms with Gasteiger partial charge in [0.05, 0.1) is 5.41 Å². The van der Waals surface area contributed by atoms with Crippen LogP contribution in [0.5, 0.6) is 0 Å². The van der Waals surface area contributed by atoms with Crippen LogP contribution >= 0.6 is 11.6 Å². The Morgan fingerprint density at radius 3 is 2.54 bits per heavy atom. The van der Waals surface area contributed by atoms with Crippen LogP contribution in [0.2, 0.25) is 0 Å². The Morgan fingerprint density at radius 2 is 1.82 bits per heavy atom. The molecule has 2 unspecified atom stereocenters. The fourth-order valence-electron chi connectivity index (χ4n) is 7.22. The number of piperidine rings is 1. The molecule has 4 bridgehead atoms. The topological polar surface area (TPSA) is 50.5 Å². The van der Waals surface area contributed by atoms with E-state index in [0.717, 1.165) is 69.5 Å². The van der Waals surface area contributed by atoms with Crippen molar-refractivity contribution in [3.05, 3.63) is 30.2 Å². The number of nitrogens with zero attached hydrogens (tertiary/aromatic N) is 4. The third kappa shape index (κ3) is 2.54. The number of likely N-dealkylation sites (tertiary alicyclic amines) is 1. The van der Waals surface area contributed by atoms with Crippen LogP contribution in [0.25, 0.3) is 5.65 Å². The first-order chi connectivity index (χ1) is 13.5.